The van der Waals surface area contributed by atoms with E-state index < -0.39 is 0 Å². The Hall–Kier alpha value is -0.420. The molecule has 5 heteroatoms. The van der Waals surface area contributed by atoms with Gasteiger partial charge in [-0.25, -0.2) is 0 Å². The van der Waals surface area contributed by atoms with Crippen LogP contribution in [0.5, 0.6) is 0 Å². The number of rotatable bonds is 7. The van der Waals surface area contributed by atoms with Gasteiger partial charge in [-0.05, 0) is 19.2 Å². The molecule has 0 fully saturated rings. The summed E-state index contributed by atoms with van der Waals surface area (Å²) in [5.41, 5.74) is 5.30. The molecule has 0 aliphatic heterocycles. The van der Waals surface area contributed by atoms with Gasteiger partial charge in [0, 0.05) is 18.2 Å². The van der Waals surface area contributed by atoms with Gasteiger partial charge in [-0.2, -0.15) is 11.8 Å². The van der Waals surface area contributed by atoms with Crippen molar-refractivity contribution in [1.29, 1.82) is 0 Å². The van der Waals surface area contributed by atoms with Gasteiger partial charge in [0.05, 0.1) is 0 Å². The number of oxime groups is 1. The summed E-state index contributed by atoms with van der Waals surface area (Å²) in [7, 11) is 0. The molecule has 1 unspecified atom stereocenters. The van der Waals surface area contributed by atoms with E-state index in [2.05, 4.69) is 23.7 Å². The monoisotopic (exact) mass is 205 g/mol. The van der Waals surface area contributed by atoms with E-state index in [0.29, 0.717) is 11.7 Å². The smallest absolute Gasteiger partial charge is 0.140 e. The van der Waals surface area contributed by atoms with E-state index in [-0.39, 0.29) is 5.84 Å². The highest BCUT2D eigenvalue weighted by Crippen LogP contribution is 2.07. The van der Waals surface area contributed by atoms with Crippen LogP contribution in [0.4, 0.5) is 0 Å². The second-order valence-corrected chi connectivity index (χ2v) is 4.20. The largest absolute Gasteiger partial charge is 0.409 e. The first-order chi connectivity index (χ1) is 6.20. The van der Waals surface area contributed by atoms with Crippen LogP contribution >= 0.6 is 11.8 Å². The van der Waals surface area contributed by atoms with Gasteiger partial charge in [0.25, 0.3) is 0 Å². The first kappa shape index (κ1) is 12.6. The predicted molar refractivity (Wildman–Crippen MR) is 58.5 cm³/mol. The number of thioether (sulfide) groups is 1. The minimum absolute atomic E-state index is 0.283. The maximum Gasteiger partial charge on any atom is 0.140 e. The molecule has 0 aromatic rings. The van der Waals surface area contributed by atoms with E-state index in [9.17, 15) is 0 Å². The number of amidine groups is 1. The normalized spacial score (nSPS) is 14.5. The minimum Gasteiger partial charge on any atom is -0.409 e. The van der Waals surface area contributed by atoms with Crippen LogP contribution in [0, 0.1) is 0 Å². The van der Waals surface area contributed by atoms with Gasteiger partial charge in [0.15, 0.2) is 0 Å². The Morgan fingerprint density at radius 3 is 2.85 bits per heavy atom. The Kier molecular flexibility index (Phi) is 7.93. The molecule has 0 rings (SSSR count). The van der Waals surface area contributed by atoms with Gasteiger partial charge >= 0.3 is 0 Å². The molecule has 0 aliphatic rings. The third-order valence-corrected chi connectivity index (χ3v) is 2.86. The Morgan fingerprint density at radius 2 is 2.31 bits per heavy atom. The van der Waals surface area contributed by atoms with Crippen LogP contribution in [-0.2, 0) is 0 Å². The van der Waals surface area contributed by atoms with E-state index in [1.54, 1.807) is 0 Å². The summed E-state index contributed by atoms with van der Waals surface area (Å²) >= 11 is 1.87. The second-order valence-electron chi connectivity index (χ2n) is 2.93. The molecule has 4 nitrogen and oxygen atoms in total. The zero-order chi connectivity index (χ0) is 10.1. The standard InChI is InChI=1S/C8H19N3OS/c1-7(13-2)3-5-10-6-4-8(9)11-12/h7,10,12H,3-6H2,1-2H3,(H2,9,11). The first-order valence-electron chi connectivity index (χ1n) is 4.40. The Bertz CT molecular complexity index is 152. The molecule has 0 bridgehead atoms. The third-order valence-electron chi connectivity index (χ3n) is 1.82. The number of nitrogens with one attached hydrogen (secondary N) is 1. The summed E-state index contributed by atoms with van der Waals surface area (Å²) in [6.07, 6.45) is 3.86. The first-order valence-corrected chi connectivity index (χ1v) is 5.69. The lowest BCUT2D eigenvalue weighted by Crippen LogP contribution is -2.24. The molecule has 0 saturated heterocycles. The molecule has 0 amide bonds. The molecule has 0 aromatic heterocycles. The van der Waals surface area contributed by atoms with Crippen molar-refractivity contribution in [2.75, 3.05) is 19.3 Å². The van der Waals surface area contributed by atoms with Gasteiger partial charge in [0.1, 0.15) is 5.84 Å². The van der Waals surface area contributed by atoms with Crippen molar-refractivity contribution >= 4 is 17.6 Å². The Morgan fingerprint density at radius 1 is 1.62 bits per heavy atom. The van der Waals surface area contributed by atoms with Gasteiger partial charge in [0.2, 0.25) is 0 Å². The molecule has 4 N–H and O–H groups in total. The van der Waals surface area contributed by atoms with Crippen LogP contribution in [0.2, 0.25) is 0 Å². The summed E-state index contributed by atoms with van der Waals surface area (Å²) in [6, 6.07) is 0. The molecule has 0 spiro atoms. The van der Waals surface area contributed by atoms with Crippen LogP contribution in [0.25, 0.3) is 0 Å². The maximum atomic E-state index is 8.25. The van der Waals surface area contributed by atoms with Crippen molar-refractivity contribution in [2.45, 2.75) is 25.0 Å². The van der Waals surface area contributed by atoms with Crippen molar-refractivity contribution in [1.82, 2.24) is 5.32 Å². The molecule has 1 atom stereocenters. The van der Waals surface area contributed by atoms with Crippen LogP contribution in [0.15, 0.2) is 5.16 Å². The van der Waals surface area contributed by atoms with Crippen LogP contribution in [0.3, 0.4) is 0 Å². The number of nitrogens with zero attached hydrogens (tertiary/aromatic N) is 1. The van der Waals surface area contributed by atoms with E-state index in [4.69, 9.17) is 10.9 Å². The fourth-order valence-electron chi connectivity index (χ4n) is 0.815. The summed E-state index contributed by atoms with van der Waals surface area (Å²) in [5.74, 6) is 0.283. The van der Waals surface area contributed by atoms with Gasteiger partial charge < -0.3 is 16.3 Å². The topological polar surface area (TPSA) is 70.6 Å². The fourth-order valence-corrected chi connectivity index (χ4v) is 1.17. The molecule has 0 aromatic carbocycles. The van der Waals surface area contributed by atoms with Crippen molar-refractivity contribution in [3.05, 3.63) is 0 Å². The van der Waals surface area contributed by atoms with E-state index in [0.717, 1.165) is 19.5 Å². The molecule has 78 valence electrons. The van der Waals surface area contributed by atoms with Crippen molar-refractivity contribution in [3.8, 4) is 0 Å². The van der Waals surface area contributed by atoms with Crippen LogP contribution < -0.4 is 11.1 Å². The molecular formula is C8H19N3OS. The lowest BCUT2D eigenvalue weighted by atomic mass is 10.3. The van der Waals surface area contributed by atoms with Gasteiger partial charge in [-0.3, -0.25) is 0 Å². The predicted octanol–water partition coefficient (Wildman–Crippen LogP) is 0.854. The van der Waals surface area contributed by atoms with E-state index >= 15 is 0 Å². The van der Waals surface area contributed by atoms with Crippen LogP contribution in [0.1, 0.15) is 19.8 Å². The van der Waals surface area contributed by atoms with Crippen molar-refractivity contribution < 1.29 is 5.21 Å². The van der Waals surface area contributed by atoms with Crippen LogP contribution in [-0.4, -0.2) is 35.6 Å². The number of hydrogen-bond donors (Lipinski definition) is 3. The van der Waals surface area contributed by atoms with Gasteiger partial charge in [-0.15, -0.1) is 0 Å². The molecule has 0 saturated carbocycles. The molecule has 13 heavy (non-hydrogen) atoms. The summed E-state index contributed by atoms with van der Waals surface area (Å²) < 4.78 is 0. The third kappa shape index (κ3) is 7.93. The zero-order valence-corrected chi connectivity index (χ0v) is 9.10. The van der Waals surface area contributed by atoms with E-state index in [1.807, 2.05) is 11.8 Å². The summed E-state index contributed by atoms with van der Waals surface area (Å²) in [5, 5.41) is 15.1. The maximum absolute atomic E-state index is 8.25. The van der Waals surface area contributed by atoms with Crippen molar-refractivity contribution in [3.63, 3.8) is 0 Å². The number of nitrogens with two attached hydrogens (primary N) is 1. The second kappa shape index (κ2) is 8.19. The molecule has 0 aliphatic carbocycles. The highest BCUT2D eigenvalue weighted by atomic mass is 32.2. The quantitative estimate of drug-likeness (QED) is 0.189. The minimum atomic E-state index is 0.283. The molecular weight excluding hydrogens is 186 g/mol. The average Bonchev–Trinajstić information content (AvgIpc) is 2.16. The highest BCUT2D eigenvalue weighted by Gasteiger charge is 1.98. The van der Waals surface area contributed by atoms with E-state index in [1.165, 1.54) is 0 Å². The fraction of sp³-hybridized carbons (Fsp3) is 0.875. The SMILES string of the molecule is CSC(C)CCNCCC(N)=NO. The molecule has 0 heterocycles. The lowest BCUT2D eigenvalue weighted by molar-refractivity contribution is 0.316. The molecule has 0 radical (unpaired) electrons. The Labute approximate surface area is 84.0 Å². The zero-order valence-electron chi connectivity index (χ0n) is 8.29. The van der Waals surface area contributed by atoms with Crippen molar-refractivity contribution in [2.24, 2.45) is 10.9 Å². The highest BCUT2D eigenvalue weighted by molar-refractivity contribution is 7.99. The Balaban J connectivity index is 3.17. The summed E-state index contributed by atoms with van der Waals surface area (Å²) in [4.78, 5) is 0. The van der Waals surface area contributed by atoms with Gasteiger partial charge in [-0.1, -0.05) is 12.1 Å². The number of hydrogen-bond acceptors (Lipinski definition) is 4. The lowest BCUT2D eigenvalue weighted by Gasteiger charge is -2.08. The summed E-state index contributed by atoms with van der Waals surface area (Å²) in [6.45, 7) is 3.97. The average molecular weight is 205 g/mol.